The monoisotopic (exact) mass is 194 g/mol. The summed E-state index contributed by atoms with van der Waals surface area (Å²) in [5, 5.41) is 9.36. The van der Waals surface area contributed by atoms with Gasteiger partial charge >= 0.3 is 6.30 Å². The van der Waals surface area contributed by atoms with Gasteiger partial charge < -0.3 is 0 Å². The SMILES string of the molecule is CCCCc1nnn(C(F)(F)F)n1. The van der Waals surface area contributed by atoms with Crippen LogP contribution in [0.25, 0.3) is 0 Å². The molecule has 0 unspecified atom stereocenters. The van der Waals surface area contributed by atoms with Gasteiger partial charge in [0, 0.05) is 6.42 Å². The molecule has 0 spiro atoms. The van der Waals surface area contributed by atoms with E-state index in [1.165, 1.54) is 0 Å². The number of aromatic nitrogens is 4. The van der Waals surface area contributed by atoms with Crippen molar-refractivity contribution in [3.63, 3.8) is 0 Å². The van der Waals surface area contributed by atoms with Crippen LogP contribution in [-0.4, -0.2) is 20.2 Å². The summed E-state index contributed by atoms with van der Waals surface area (Å²) in [6, 6.07) is 0. The lowest BCUT2D eigenvalue weighted by Gasteiger charge is -2.00. The molecule has 0 atom stereocenters. The fourth-order valence-electron chi connectivity index (χ4n) is 0.786. The Bertz CT molecular complexity index is 267. The summed E-state index contributed by atoms with van der Waals surface area (Å²) in [6.45, 7) is 1.94. The molecule has 13 heavy (non-hydrogen) atoms. The van der Waals surface area contributed by atoms with E-state index in [4.69, 9.17) is 0 Å². The molecule has 1 aromatic heterocycles. The Morgan fingerprint density at radius 3 is 2.54 bits per heavy atom. The van der Waals surface area contributed by atoms with Gasteiger partial charge in [-0.2, -0.15) is 0 Å². The summed E-state index contributed by atoms with van der Waals surface area (Å²) < 4.78 is 35.8. The number of hydrogen-bond acceptors (Lipinski definition) is 3. The van der Waals surface area contributed by atoms with Gasteiger partial charge in [0.05, 0.1) is 0 Å². The normalized spacial score (nSPS) is 12.0. The van der Waals surface area contributed by atoms with Gasteiger partial charge in [-0.15, -0.1) is 23.4 Å². The largest absolute Gasteiger partial charge is 0.522 e. The van der Waals surface area contributed by atoms with E-state index in [2.05, 4.69) is 15.4 Å². The third-order valence-electron chi connectivity index (χ3n) is 1.44. The lowest BCUT2D eigenvalue weighted by Crippen LogP contribution is -2.20. The number of halogens is 3. The molecule has 0 amide bonds. The average Bonchev–Trinajstić information content (AvgIpc) is 2.47. The second kappa shape index (κ2) is 3.71. The molecule has 74 valence electrons. The lowest BCUT2D eigenvalue weighted by molar-refractivity contribution is -0.222. The fraction of sp³-hybridized carbons (Fsp3) is 0.833. The summed E-state index contributed by atoms with van der Waals surface area (Å²) in [6.07, 6.45) is -2.46. The zero-order chi connectivity index (χ0) is 9.90. The van der Waals surface area contributed by atoms with Gasteiger partial charge in [0.15, 0.2) is 5.82 Å². The Morgan fingerprint density at radius 2 is 2.08 bits per heavy atom. The lowest BCUT2D eigenvalue weighted by atomic mass is 10.2. The highest BCUT2D eigenvalue weighted by Gasteiger charge is 2.34. The number of hydrogen-bond donors (Lipinski definition) is 0. The summed E-state index contributed by atoms with van der Waals surface area (Å²) in [5.74, 6) is 0.138. The molecule has 1 heterocycles. The maximum Gasteiger partial charge on any atom is 0.522 e. The van der Waals surface area contributed by atoms with Crippen molar-refractivity contribution in [2.45, 2.75) is 32.5 Å². The standard InChI is InChI=1S/C6H9F3N4/c1-2-3-4-5-10-12-13(11-5)6(7,8)9/h2-4H2,1H3. The van der Waals surface area contributed by atoms with Gasteiger partial charge in [-0.1, -0.05) is 18.1 Å². The van der Waals surface area contributed by atoms with Gasteiger partial charge in [-0.3, -0.25) is 0 Å². The van der Waals surface area contributed by atoms with Gasteiger partial charge in [-0.25, -0.2) is 0 Å². The molecule has 0 N–H and O–H groups in total. The van der Waals surface area contributed by atoms with Crippen LogP contribution in [0.2, 0.25) is 0 Å². The number of aryl methyl sites for hydroxylation is 1. The Balaban J connectivity index is 2.64. The smallest absolute Gasteiger partial charge is 0.147 e. The summed E-state index contributed by atoms with van der Waals surface area (Å²) in [5.41, 5.74) is 0. The second-order valence-electron chi connectivity index (χ2n) is 2.57. The molecular weight excluding hydrogens is 185 g/mol. The van der Waals surface area contributed by atoms with E-state index in [9.17, 15) is 13.2 Å². The highest BCUT2D eigenvalue weighted by Crippen LogP contribution is 2.18. The Hall–Kier alpha value is -1.14. The zero-order valence-electron chi connectivity index (χ0n) is 7.04. The van der Waals surface area contributed by atoms with Crippen LogP contribution in [-0.2, 0) is 12.7 Å². The van der Waals surface area contributed by atoms with Crippen LogP contribution < -0.4 is 0 Å². The molecule has 0 aliphatic carbocycles. The Labute approximate surface area is 72.7 Å². The van der Waals surface area contributed by atoms with Crippen LogP contribution >= 0.6 is 0 Å². The first-order chi connectivity index (χ1) is 6.04. The predicted octanol–water partition coefficient (Wildman–Crippen LogP) is 1.49. The summed E-state index contributed by atoms with van der Waals surface area (Å²) >= 11 is 0. The van der Waals surface area contributed by atoms with Crippen molar-refractivity contribution in [2.75, 3.05) is 0 Å². The Morgan fingerprint density at radius 1 is 1.38 bits per heavy atom. The Kier molecular flexibility index (Phi) is 2.84. The second-order valence-corrected chi connectivity index (χ2v) is 2.57. The molecular formula is C6H9F3N4. The van der Waals surface area contributed by atoms with E-state index < -0.39 is 6.30 Å². The number of nitrogens with zero attached hydrogens (tertiary/aromatic N) is 4. The van der Waals surface area contributed by atoms with Crippen LogP contribution in [0.5, 0.6) is 0 Å². The number of alkyl halides is 3. The molecule has 1 rings (SSSR count). The zero-order valence-corrected chi connectivity index (χ0v) is 7.04. The molecule has 0 saturated carbocycles. The third-order valence-corrected chi connectivity index (χ3v) is 1.44. The molecule has 1 aromatic rings. The highest BCUT2D eigenvalue weighted by atomic mass is 19.4. The fourth-order valence-corrected chi connectivity index (χ4v) is 0.786. The van der Waals surface area contributed by atoms with E-state index in [1.807, 2.05) is 6.92 Å². The highest BCUT2D eigenvalue weighted by molar-refractivity contribution is 4.76. The van der Waals surface area contributed by atoms with Gasteiger partial charge in [0.25, 0.3) is 0 Å². The molecule has 0 aromatic carbocycles. The van der Waals surface area contributed by atoms with Crippen LogP contribution in [0.4, 0.5) is 13.2 Å². The quantitative estimate of drug-likeness (QED) is 0.732. The first-order valence-corrected chi connectivity index (χ1v) is 3.90. The van der Waals surface area contributed by atoms with E-state index in [0.717, 1.165) is 12.8 Å². The number of tetrazole rings is 1. The van der Waals surface area contributed by atoms with Crippen LogP contribution in [0.3, 0.4) is 0 Å². The minimum atomic E-state index is -4.56. The summed E-state index contributed by atoms with van der Waals surface area (Å²) in [4.78, 5) is -0.321. The van der Waals surface area contributed by atoms with Crippen molar-refractivity contribution < 1.29 is 13.2 Å². The van der Waals surface area contributed by atoms with Crippen molar-refractivity contribution in [2.24, 2.45) is 0 Å². The average molecular weight is 194 g/mol. The topological polar surface area (TPSA) is 43.6 Å². The summed E-state index contributed by atoms with van der Waals surface area (Å²) in [7, 11) is 0. The molecule has 0 saturated heterocycles. The third kappa shape index (κ3) is 2.67. The molecule has 0 bridgehead atoms. The maximum absolute atomic E-state index is 11.9. The first kappa shape index (κ1) is 9.94. The molecule has 0 fully saturated rings. The van der Waals surface area contributed by atoms with Crippen LogP contribution in [0.15, 0.2) is 0 Å². The molecule has 0 radical (unpaired) electrons. The van der Waals surface area contributed by atoms with Gasteiger partial charge in [0.1, 0.15) is 0 Å². The maximum atomic E-state index is 11.9. The van der Waals surface area contributed by atoms with Gasteiger partial charge in [0.2, 0.25) is 0 Å². The van der Waals surface area contributed by atoms with E-state index >= 15 is 0 Å². The van der Waals surface area contributed by atoms with E-state index in [-0.39, 0.29) is 10.6 Å². The minimum Gasteiger partial charge on any atom is -0.147 e. The minimum absolute atomic E-state index is 0.138. The number of rotatable bonds is 3. The predicted molar refractivity (Wildman–Crippen MR) is 37.7 cm³/mol. The number of unbranched alkanes of at least 4 members (excludes halogenated alkanes) is 1. The van der Waals surface area contributed by atoms with Crippen LogP contribution in [0, 0.1) is 0 Å². The van der Waals surface area contributed by atoms with Crippen molar-refractivity contribution in [3.8, 4) is 0 Å². The van der Waals surface area contributed by atoms with Gasteiger partial charge in [-0.05, 0) is 11.6 Å². The first-order valence-electron chi connectivity index (χ1n) is 3.90. The molecule has 0 aliphatic rings. The molecule has 0 aliphatic heterocycles. The van der Waals surface area contributed by atoms with Crippen LogP contribution in [0.1, 0.15) is 25.6 Å². The van der Waals surface area contributed by atoms with E-state index in [1.54, 1.807) is 0 Å². The molecule has 4 nitrogen and oxygen atoms in total. The van der Waals surface area contributed by atoms with Crippen molar-refractivity contribution in [1.82, 2.24) is 20.2 Å². The van der Waals surface area contributed by atoms with E-state index in [0.29, 0.717) is 6.42 Å². The van der Waals surface area contributed by atoms with Crippen molar-refractivity contribution in [3.05, 3.63) is 5.82 Å². The van der Waals surface area contributed by atoms with Crippen molar-refractivity contribution in [1.29, 1.82) is 0 Å². The molecule has 7 heteroatoms. The van der Waals surface area contributed by atoms with Crippen molar-refractivity contribution >= 4 is 0 Å².